The minimum atomic E-state index is -1.67. The number of nitrogens with zero attached hydrogens (tertiary/aromatic N) is 1. The summed E-state index contributed by atoms with van der Waals surface area (Å²) in [6, 6.07) is 9.04. The summed E-state index contributed by atoms with van der Waals surface area (Å²) in [4.78, 5) is 35.7. The third-order valence-corrected chi connectivity index (χ3v) is 4.01. The quantitative estimate of drug-likeness (QED) is 0.590. The molecule has 1 fully saturated rings. The first-order valence-corrected chi connectivity index (χ1v) is 7.68. The van der Waals surface area contributed by atoms with Crippen molar-refractivity contribution < 1.29 is 29.0 Å². The van der Waals surface area contributed by atoms with Crippen molar-refractivity contribution in [3.63, 3.8) is 0 Å². The average molecular weight is 335 g/mol. The predicted octanol–water partition coefficient (Wildman–Crippen LogP) is 0.992. The van der Waals surface area contributed by atoms with Gasteiger partial charge in [0.05, 0.1) is 18.6 Å². The Morgan fingerprint density at radius 1 is 1.29 bits per heavy atom. The van der Waals surface area contributed by atoms with Gasteiger partial charge in [-0.15, -0.1) is 0 Å². The number of amides is 1. The van der Waals surface area contributed by atoms with Gasteiger partial charge in [0.25, 0.3) is 0 Å². The van der Waals surface area contributed by atoms with Crippen molar-refractivity contribution in [3.05, 3.63) is 35.9 Å². The van der Waals surface area contributed by atoms with Crippen LogP contribution in [0.25, 0.3) is 0 Å². The van der Waals surface area contributed by atoms with E-state index < -0.39 is 23.7 Å². The van der Waals surface area contributed by atoms with Gasteiger partial charge in [0.1, 0.15) is 6.61 Å². The summed E-state index contributed by atoms with van der Waals surface area (Å²) in [6.45, 7) is 3.15. The fraction of sp³-hybridized carbons (Fsp3) is 0.471. The molecule has 0 saturated carbocycles. The normalized spacial score (nSPS) is 21.0. The molecule has 2 atom stereocenters. The molecule has 1 aromatic rings. The first-order valence-electron chi connectivity index (χ1n) is 7.68. The highest BCUT2D eigenvalue weighted by Crippen LogP contribution is 2.36. The molecular weight excluding hydrogens is 314 g/mol. The van der Waals surface area contributed by atoms with Crippen LogP contribution < -0.4 is 0 Å². The Labute approximate surface area is 140 Å². The lowest BCUT2D eigenvalue weighted by Gasteiger charge is -2.51. The summed E-state index contributed by atoms with van der Waals surface area (Å²) in [5.41, 5.74) is 0.0446. The van der Waals surface area contributed by atoms with E-state index in [4.69, 9.17) is 9.47 Å². The summed E-state index contributed by atoms with van der Waals surface area (Å²) in [7, 11) is 0. The molecule has 1 aliphatic heterocycles. The zero-order valence-corrected chi connectivity index (χ0v) is 13.7. The van der Waals surface area contributed by atoms with Gasteiger partial charge < -0.3 is 19.5 Å². The van der Waals surface area contributed by atoms with Crippen LogP contribution in [0.3, 0.4) is 0 Å². The maximum atomic E-state index is 12.0. The zero-order valence-electron chi connectivity index (χ0n) is 13.7. The van der Waals surface area contributed by atoms with Crippen molar-refractivity contribution in [1.82, 2.24) is 4.90 Å². The standard InChI is InChI=1S/C17H21NO6/c1-12(19)23-9-8-17(2)10-14(20)18(17)15(21)16(22)24-11-13-6-4-3-5-7-13/h3-7,15,21H,8-11H2,1-2H3. The molecule has 0 spiro atoms. The number of aliphatic hydroxyl groups is 1. The third-order valence-electron chi connectivity index (χ3n) is 4.01. The topological polar surface area (TPSA) is 93.1 Å². The first-order chi connectivity index (χ1) is 11.3. The third kappa shape index (κ3) is 4.11. The van der Waals surface area contributed by atoms with Crippen LogP contribution in [-0.4, -0.2) is 46.2 Å². The molecule has 1 N–H and O–H groups in total. The zero-order chi connectivity index (χ0) is 17.7. The largest absolute Gasteiger partial charge is 0.466 e. The van der Waals surface area contributed by atoms with Gasteiger partial charge in [-0.2, -0.15) is 0 Å². The number of ether oxygens (including phenoxy) is 2. The summed E-state index contributed by atoms with van der Waals surface area (Å²) in [5.74, 6) is -1.64. The lowest BCUT2D eigenvalue weighted by atomic mass is 9.82. The van der Waals surface area contributed by atoms with Gasteiger partial charge in [0, 0.05) is 13.3 Å². The SMILES string of the molecule is CC(=O)OCCC1(C)CC(=O)N1C(O)C(=O)OCc1ccccc1. The molecule has 7 nitrogen and oxygen atoms in total. The van der Waals surface area contributed by atoms with Gasteiger partial charge in [-0.3, -0.25) is 9.59 Å². The Morgan fingerprint density at radius 2 is 1.96 bits per heavy atom. The molecule has 2 rings (SSSR count). The maximum absolute atomic E-state index is 12.0. The summed E-state index contributed by atoms with van der Waals surface area (Å²) < 4.78 is 9.93. The molecule has 7 heteroatoms. The molecule has 24 heavy (non-hydrogen) atoms. The first kappa shape index (κ1) is 17.9. The Balaban J connectivity index is 1.91. The molecule has 0 aromatic heterocycles. The van der Waals surface area contributed by atoms with E-state index >= 15 is 0 Å². The number of hydrogen-bond acceptors (Lipinski definition) is 6. The summed E-state index contributed by atoms with van der Waals surface area (Å²) in [6.07, 6.45) is -1.16. The van der Waals surface area contributed by atoms with Crippen LogP contribution in [-0.2, 0) is 30.5 Å². The molecular formula is C17H21NO6. The van der Waals surface area contributed by atoms with E-state index in [1.807, 2.05) is 18.2 Å². The van der Waals surface area contributed by atoms with Gasteiger partial charge in [0.15, 0.2) is 0 Å². The van der Waals surface area contributed by atoms with Crippen LogP contribution in [0.2, 0.25) is 0 Å². The lowest BCUT2D eigenvalue weighted by molar-refractivity contribution is -0.196. The lowest BCUT2D eigenvalue weighted by Crippen LogP contribution is -2.67. The average Bonchev–Trinajstić information content (AvgIpc) is 2.52. The molecule has 1 heterocycles. The van der Waals surface area contributed by atoms with Crippen LogP contribution in [0.1, 0.15) is 32.3 Å². The maximum Gasteiger partial charge on any atom is 0.356 e. The number of rotatable bonds is 7. The second kappa shape index (κ2) is 7.44. The smallest absolute Gasteiger partial charge is 0.356 e. The highest BCUT2D eigenvalue weighted by atomic mass is 16.6. The number of carbonyl (C=O) groups is 3. The van der Waals surface area contributed by atoms with Gasteiger partial charge in [0.2, 0.25) is 12.1 Å². The second-order valence-corrected chi connectivity index (χ2v) is 5.99. The monoisotopic (exact) mass is 335 g/mol. The Bertz CT molecular complexity index is 617. The fourth-order valence-electron chi connectivity index (χ4n) is 2.67. The van der Waals surface area contributed by atoms with Crippen LogP contribution in [0.5, 0.6) is 0 Å². The molecule has 130 valence electrons. The second-order valence-electron chi connectivity index (χ2n) is 5.99. The van der Waals surface area contributed by atoms with Crippen molar-refractivity contribution in [3.8, 4) is 0 Å². The number of carbonyl (C=O) groups excluding carboxylic acids is 3. The Morgan fingerprint density at radius 3 is 2.54 bits per heavy atom. The van der Waals surface area contributed by atoms with Crippen LogP contribution in [0.15, 0.2) is 30.3 Å². The fourth-order valence-corrected chi connectivity index (χ4v) is 2.67. The number of β-lactam (4-membered cyclic amide) rings is 1. The van der Waals surface area contributed by atoms with Crippen molar-refractivity contribution in [2.75, 3.05) is 6.61 Å². The number of benzene rings is 1. The number of hydrogen-bond donors (Lipinski definition) is 1. The van der Waals surface area contributed by atoms with E-state index in [-0.39, 0.29) is 25.5 Å². The Kier molecular flexibility index (Phi) is 5.56. The molecule has 1 amide bonds. The van der Waals surface area contributed by atoms with Gasteiger partial charge >= 0.3 is 11.9 Å². The van der Waals surface area contributed by atoms with E-state index in [0.29, 0.717) is 6.42 Å². The highest BCUT2D eigenvalue weighted by molar-refractivity contribution is 5.89. The van der Waals surface area contributed by atoms with Crippen molar-refractivity contribution >= 4 is 17.8 Å². The number of esters is 2. The van der Waals surface area contributed by atoms with Gasteiger partial charge in [-0.25, -0.2) is 4.79 Å². The molecule has 0 radical (unpaired) electrons. The minimum absolute atomic E-state index is 0.0168. The predicted molar refractivity (Wildman–Crippen MR) is 83.4 cm³/mol. The van der Waals surface area contributed by atoms with Crippen LogP contribution in [0, 0.1) is 0 Å². The van der Waals surface area contributed by atoms with Crippen LogP contribution >= 0.6 is 0 Å². The minimum Gasteiger partial charge on any atom is -0.466 e. The van der Waals surface area contributed by atoms with Gasteiger partial charge in [-0.05, 0) is 12.5 Å². The van der Waals surface area contributed by atoms with Gasteiger partial charge in [-0.1, -0.05) is 30.3 Å². The van der Waals surface area contributed by atoms with Crippen molar-refractivity contribution in [1.29, 1.82) is 0 Å². The summed E-state index contributed by atoms with van der Waals surface area (Å²) in [5, 5.41) is 10.2. The van der Waals surface area contributed by atoms with Crippen molar-refractivity contribution in [2.45, 2.75) is 45.1 Å². The number of likely N-dealkylation sites (tertiary alicyclic amines) is 1. The molecule has 1 aromatic carbocycles. The molecule has 2 unspecified atom stereocenters. The molecule has 0 aliphatic carbocycles. The van der Waals surface area contributed by atoms with Crippen LogP contribution in [0.4, 0.5) is 0 Å². The van der Waals surface area contributed by atoms with Crippen molar-refractivity contribution in [2.24, 2.45) is 0 Å². The molecule has 1 saturated heterocycles. The van der Waals surface area contributed by atoms with E-state index in [2.05, 4.69) is 0 Å². The number of aliphatic hydroxyl groups excluding tert-OH is 1. The molecule has 1 aliphatic rings. The highest BCUT2D eigenvalue weighted by Gasteiger charge is 2.52. The Hall–Kier alpha value is -2.41. The van der Waals surface area contributed by atoms with E-state index in [9.17, 15) is 19.5 Å². The van der Waals surface area contributed by atoms with E-state index in [1.165, 1.54) is 6.92 Å². The van der Waals surface area contributed by atoms with E-state index in [1.54, 1.807) is 19.1 Å². The van der Waals surface area contributed by atoms with E-state index in [0.717, 1.165) is 10.5 Å². The molecule has 0 bridgehead atoms. The summed E-state index contributed by atoms with van der Waals surface area (Å²) >= 11 is 0.